The summed E-state index contributed by atoms with van der Waals surface area (Å²) in [5.41, 5.74) is 0.939. The highest BCUT2D eigenvalue weighted by Gasteiger charge is 2.34. The van der Waals surface area contributed by atoms with Gasteiger partial charge in [-0.1, -0.05) is 18.2 Å². The van der Waals surface area contributed by atoms with Crippen molar-refractivity contribution in [3.05, 3.63) is 54.1 Å². The SMILES string of the molecule is COc1ccc(CNC(=O)C[C@H]2CC[C@H](NS(=O)(=O)c3cccc(OC)c3)[C@@H](CO)O2)cc1. The molecule has 3 atom stereocenters. The minimum absolute atomic E-state index is 0.0681. The highest BCUT2D eigenvalue weighted by Crippen LogP contribution is 2.24. The van der Waals surface area contributed by atoms with Gasteiger partial charge >= 0.3 is 0 Å². The van der Waals surface area contributed by atoms with Gasteiger partial charge in [0.25, 0.3) is 0 Å². The molecule has 3 rings (SSSR count). The van der Waals surface area contributed by atoms with Crippen LogP contribution in [0, 0.1) is 0 Å². The summed E-state index contributed by atoms with van der Waals surface area (Å²) in [7, 11) is -0.776. The minimum Gasteiger partial charge on any atom is -0.497 e. The van der Waals surface area contributed by atoms with Gasteiger partial charge in [0.05, 0.1) is 50.4 Å². The fraction of sp³-hybridized carbons (Fsp3) is 0.435. The molecule has 0 aliphatic carbocycles. The monoisotopic (exact) mass is 478 g/mol. The maximum absolute atomic E-state index is 12.8. The Balaban J connectivity index is 1.52. The van der Waals surface area contributed by atoms with E-state index in [9.17, 15) is 18.3 Å². The number of carbonyl (C=O) groups is 1. The summed E-state index contributed by atoms with van der Waals surface area (Å²) in [5, 5.41) is 12.6. The number of hydrogen-bond donors (Lipinski definition) is 3. The van der Waals surface area contributed by atoms with Crippen molar-refractivity contribution in [1.82, 2.24) is 10.0 Å². The Kier molecular flexibility index (Phi) is 8.67. The molecule has 10 heteroatoms. The van der Waals surface area contributed by atoms with E-state index in [1.165, 1.54) is 19.2 Å². The van der Waals surface area contributed by atoms with Crippen molar-refractivity contribution >= 4 is 15.9 Å². The number of ether oxygens (including phenoxy) is 3. The number of hydrogen-bond acceptors (Lipinski definition) is 7. The predicted octanol–water partition coefficient (Wildman–Crippen LogP) is 1.60. The van der Waals surface area contributed by atoms with Crippen LogP contribution in [-0.2, 0) is 26.1 Å². The first kappa shape index (κ1) is 25.0. The topological polar surface area (TPSA) is 123 Å². The summed E-state index contributed by atoms with van der Waals surface area (Å²) >= 11 is 0. The van der Waals surface area contributed by atoms with Crippen LogP contribution in [0.5, 0.6) is 11.5 Å². The van der Waals surface area contributed by atoms with Crippen molar-refractivity contribution in [3.8, 4) is 11.5 Å². The van der Waals surface area contributed by atoms with Crippen LogP contribution in [0.15, 0.2) is 53.4 Å². The van der Waals surface area contributed by atoms with E-state index in [1.54, 1.807) is 19.2 Å². The fourth-order valence-electron chi connectivity index (χ4n) is 3.68. The van der Waals surface area contributed by atoms with E-state index in [4.69, 9.17) is 14.2 Å². The summed E-state index contributed by atoms with van der Waals surface area (Å²) in [6, 6.07) is 12.9. The third-order valence-electron chi connectivity index (χ3n) is 5.52. The Hall–Kier alpha value is -2.66. The number of amides is 1. The number of aliphatic hydroxyl groups excluding tert-OH is 1. The zero-order valence-electron chi connectivity index (χ0n) is 18.7. The van der Waals surface area contributed by atoms with E-state index in [1.807, 2.05) is 24.3 Å². The standard InChI is InChI=1S/C23H30N2O7S/c1-30-17-8-6-16(7-9-17)14-24-23(27)13-19-10-11-21(22(15-26)32-19)25-33(28,29)20-5-3-4-18(12-20)31-2/h3-9,12,19,21-22,25-26H,10-11,13-15H2,1-2H3,(H,24,27)/t19-,21+,22-/m1/s1. The van der Waals surface area contributed by atoms with Crippen LogP contribution in [0.3, 0.4) is 0 Å². The largest absolute Gasteiger partial charge is 0.497 e. The second-order valence-electron chi connectivity index (χ2n) is 7.79. The summed E-state index contributed by atoms with van der Waals surface area (Å²) in [5.74, 6) is 0.993. The van der Waals surface area contributed by atoms with Crippen molar-refractivity contribution < 1.29 is 32.5 Å². The summed E-state index contributed by atoms with van der Waals surface area (Å²) in [4.78, 5) is 12.4. The maximum Gasteiger partial charge on any atom is 0.241 e. The lowest BCUT2D eigenvalue weighted by molar-refractivity contribution is -0.130. The molecule has 1 aliphatic rings. The van der Waals surface area contributed by atoms with Crippen molar-refractivity contribution in [2.45, 2.75) is 49.0 Å². The molecule has 2 aromatic rings. The van der Waals surface area contributed by atoms with Gasteiger partial charge in [0, 0.05) is 12.6 Å². The average Bonchev–Trinajstić information content (AvgIpc) is 2.83. The van der Waals surface area contributed by atoms with Crippen molar-refractivity contribution in [2.24, 2.45) is 0 Å². The molecule has 0 saturated carbocycles. The molecular formula is C23H30N2O7S. The molecular weight excluding hydrogens is 448 g/mol. The van der Waals surface area contributed by atoms with Gasteiger partial charge < -0.3 is 24.6 Å². The number of aliphatic hydroxyl groups is 1. The third kappa shape index (κ3) is 6.91. The Bertz CT molecular complexity index is 1030. The van der Waals surface area contributed by atoms with E-state index in [0.717, 1.165) is 11.3 Å². The lowest BCUT2D eigenvalue weighted by atomic mass is 9.98. The van der Waals surface area contributed by atoms with Gasteiger partial charge in [0.2, 0.25) is 15.9 Å². The molecule has 0 aromatic heterocycles. The van der Waals surface area contributed by atoms with Gasteiger partial charge in [0.15, 0.2) is 0 Å². The normalized spacial score (nSPS) is 20.8. The smallest absolute Gasteiger partial charge is 0.241 e. The molecule has 0 spiro atoms. The van der Waals surface area contributed by atoms with Crippen LogP contribution in [0.2, 0.25) is 0 Å². The lowest BCUT2D eigenvalue weighted by Gasteiger charge is -2.35. The minimum atomic E-state index is -3.83. The van der Waals surface area contributed by atoms with Gasteiger partial charge in [-0.05, 0) is 42.7 Å². The Morgan fingerprint density at radius 2 is 1.82 bits per heavy atom. The van der Waals surface area contributed by atoms with Crippen LogP contribution in [0.4, 0.5) is 0 Å². The molecule has 3 N–H and O–H groups in total. The van der Waals surface area contributed by atoms with Gasteiger partial charge in [-0.25, -0.2) is 13.1 Å². The van der Waals surface area contributed by atoms with Gasteiger partial charge in [0.1, 0.15) is 11.5 Å². The highest BCUT2D eigenvalue weighted by molar-refractivity contribution is 7.89. The van der Waals surface area contributed by atoms with Gasteiger partial charge in [-0.3, -0.25) is 4.79 Å². The molecule has 0 bridgehead atoms. The van der Waals surface area contributed by atoms with E-state index < -0.39 is 28.3 Å². The molecule has 0 unspecified atom stereocenters. The summed E-state index contributed by atoms with van der Waals surface area (Å²) < 4.78 is 44.2. The van der Waals surface area contributed by atoms with Crippen molar-refractivity contribution in [2.75, 3.05) is 20.8 Å². The van der Waals surface area contributed by atoms with E-state index >= 15 is 0 Å². The van der Waals surface area contributed by atoms with E-state index in [0.29, 0.717) is 25.1 Å². The van der Waals surface area contributed by atoms with Crippen LogP contribution in [0.1, 0.15) is 24.8 Å². The number of carbonyl (C=O) groups excluding carboxylic acids is 1. The number of methoxy groups -OCH3 is 2. The molecule has 0 radical (unpaired) electrons. The molecule has 1 amide bonds. The van der Waals surface area contributed by atoms with Crippen LogP contribution in [0.25, 0.3) is 0 Å². The second-order valence-corrected chi connectivity index (χ2v) is 9.51. The predicted molar refractivity (Wildman–Crippen MR) is 122 cm³/mol. The molecule has 2 aromatic carbocycles. The van der Waals surface area contributed by atoms with E-state index in [-0.39, 0.29) is 23.8 Å². The first-order valence-electron chi connectivity index (χ1n) is 10.7. The quantitative estimate of drug-likeness (QED) is 0.474. The zero-order valence-corrected chi connectivity index (χ0v) is 19.5. The van der Waals surface area contributed by atoms with Crippen molar-refractivity contribution in [1.29, 1.82) is 0 Å². The van der Waals surface area contributed by atoms with Gasteiger partial charge in [-0.15, -0.1) is 0 Å². The van der Waals surface area contributed by atoms with E-state index in [2.05, 4.69) is 10.0 Å². The first-order valence-corrected chi connectivity index (χ1v) is 12.1. The number of sulfonamides is 1. The molecule has 1 heterocycles. The van der Waals surface area contributed by atoms with Crippen LogP contribution < -0.4 is 19.5 Å². The fourth-order valence-corrected chi connectivity index (χ4v) is 5.01. The lowest BCUT2D eigenvalue weighted by Crippen LogP contribution is -2.51. The molecule has 1 aliphatic heterocycles. The Labute approximate surface area is 194 Å². The van der Waals surface area contributed by atoms with Gasteiger partial charge in [-0.2, -0.15) is 0 Å². The van der Waals surface area contributed by atoms with Crippen LogP contribution in [-0.4, -0.2) is 58.5 Å². The average molecular weight is 479 g/mol. The summed E-state index contributed by atoms with van der Waals surface area (Å²) in [6.45, 7) is 0.0111. The maximum atomic E-state index is 12.8. The van der Waals surface area contributed by atoms with Crippen molar-refractivity contribution in [3.63, 3.8) is 0 Å². The van der Waals surface area contributed by atoms with Crippen LogP contribution >= 0.6 is 0 Å². The third-order valence-corrected chi connectivity index (χ3v) is 7.00. The molecule has 9 nitrogen and oxygen atoms in total. The number of benzene rings is 2. The molecule has 1 saturated heterocycles. The number of rotatable bonds is 10. The number of nitrogens with one attached hydrogen (secondary N) is 2. The Morgan fingerprint density at radius 3 is 2.48 bits per heavy atom. The Morgan fingerprint density at radius 1 is 1.09 bits per heavy atom. The zero-order chi connectivity index (χ0) is 23.8. The molecule has 180 valence electrons. The summed E-state index contributed by atoms with van der Waals surface area (Å²) in [6.07, 6.45) is -0.112. The second kappa shape index (κ2) is 11.5. The highest BCUT2D eigenvalue weighted by atomic mass is 32.2. The molecule has 1 fully saturated rings. The molecule has 33 heavy (non-hydrogen) atoms. The first-order chi connectivity index (χ1) is 15.8.